The van der Waals surface area contributed by atoms with Crippen molar-refractivity contribution < 1.29 is 14.1 Å². The number of hydrogen-bond acceptors (Lipinski definition) is 7. The van der Waals surface area contributed by atoms with E-state index in [1.54, 1.807) is 6.92 Å². The summed E-state index contributed by atoms with van der Waals surface area (Å²) in [6.45, 7) is 1.79. The normalized spacial score (nSPS) is 10.4. The Balaban J connectivity index is 2.44. The molecule has 0 saturated heterocycles. The van der Waals surface area contributed by atoms with Crippen LogP contribution in [0.2, 0.25) is 0 Å². The third-order valence-electron chi connectivity index (χ3n) is 1.92. The van der Waals surface area contributed by atoms with Crippen molar-refractivity contribution in [1.82, 2.24) is 15.1 Å². The second kappa shape index (κ2) is 4.40. The maximum absolute atomic E-state index is 11.6. The molecule has 0 N–H and O–H groups in total. The number of methoxy groups -OCH3 is 1. The quantitative estimate of drug-likeness (QED) is 0.757. The van der Waals surface area contributed by atoms with Gasteiger partial charge in [-0.05, 0) is 0 Å². The topological polar surface area (TPSA) is 78.1 Å². The summed E-state index contributed by atoms with van der Waals surface area (Å²) < 4.78 is 9.66. The van der Waals surface area contributed by atoms with Crippen LogP contribution in [-0.4, -0.2) is 28.0 Å². The van der Waals surface area contributed by atoms with Gasteiger partial charge in [0.2, 0.25) is 18.1 Å². The summed E-state index contributed by atoms with van der Waals surface area (Å²) >= 11 is 1.20. The molecule has 16 heavy (non-hydrogen) atoms. The molecule has 0 amide bonds. The Hall–Kier alpha value is -1.76. The van der Waals surface area contributed by atoms with Gasteiger partial charge < -0.3 is 9.26 Å². The van der Waals surface area contributed by atoms with Crippen molar-refractivity contribution in [2.45, 2.75) is 13.3 Å². The molecule has 0 aromatic carbocycles. The molecule has 0 saturated carbocycles. The van der Waals surface area contributed by atoms with Crippen LogP contribution in [0.4, 0.5) is 0 Å². The number of ketones is 1. The second-order valence-corrected chi connectivity index (χ2v) is 3.89. The van der Waals surface area contributed by atoms with Gasteiger partial charge in [0, 0.05) is 6.42 Å². The van der Waals surface area contributed by atoms with Gasteiger partial charge in [-0.3, -0.25) is 4.79 Å². The van der Waals surface area contributed by atoms with Gasteiger partial charge in [-0.1, -0.05) is 12.1 Å². The van der Waals surface area contributed by atoms with Crippen LogP contribution in [0.5, 0.6) is 5.88 Å². The molecule has 0 fully saturated rings. The number of ether oxygens (including phenoxy) is 1. The molecule has 0 aliphatic rings. The van der Waals surface area contributed by atoms with E-state index in [-0.39, 0.29) is 5.78 Å². The molecule has 0 unspecified atom stereocenters. The maximum Gasteiger partial charge on any atom is 0.236 e. The summed E-state index contributed by atoms with van der Waals surface area (Å²) in [4.78, 5) is 20.1. The average Bonchev–Trinajstić information content (AvgIpc) is 2.95. The van der Waals surface area contributed by atoms with E-state index in [1.807, 2.05) is 0 Å². The van der Waals surface area contributed by atoms with Gasteiger partial charge in [0.1, 0.15) is 4.88 Å². The summed E-state index contributed by atoms with van der Waals surface area (Å²) in [6.07, 6.45) is 1.62. The average molecular weight is 239 g/mol. The number of thiazole rings is 1. The highest BCUT2D eigenvalue weighted by molar-refractivity contribution is 7.17. The third kappa shape index (κ3) is 1.81. The first-order chi connectivity index (χ1) is 7.76. The number of carbonyl (C=O) groups is 1. The molecule has 0 spiro atoms. The van der Waals surface area contributed by atoms with Crippen LogP contribution in [-0.2, 0) is 0 Å². The van der Waals surface area contributed by atoms with E-state index in [4.69, 9.17) is 4.74 Å². The summed E-state index contributed by atoms with van der Waals surface area (Å²) in [5, 5.41) is 4.17. The first kappa shape index (κ1) is 10.7. The van der Waals surface area contributed by atoms with Crippen molar-refractivity contribution in [2.75, 3.05) is 7.11 Å². The first-order valence-electron chi connectivity index (χ1n) is 4.61. The van der Waals surface area contributed by atoms with Crippen LogP contribution in [0.1, 0.15) is 23.0 Å². The second-order valence-electron chi connectivity index (χ2n) is 2.89. The number of rotatable bonds is 4. The molecular weight excluding hydrogens is 230 g/mol. The van der Waals surface area contributed by atoms with Crippen LogP contribution in [0.25, 0.3) is 10.8 Å². The van der Waals surface area contributed by atoms with Crippen molar-refractivity contribution in [2.24, 2.45) is 0 Å². The van der Waals surface area contributed by atoms with Crippen molar-refractivity contribution in [1.29, 1.82) is 0 Å². The molecule has 0 aliphatic carbocycles. The molecular formula is C9H9N3O3S. The van der Waals surface area contributed by atoms with E-state index >= 15 is 0 Å². The molecule has 2 heterocycles. The highest BCUT2D eigenvalue weighted by atomic mass is 32.1. The summed E-state index contributed by atoms with van der Waals surface area (Å²) in [6, 6.07) is 0. The lowest BCUT2D eigenvalue weighted by Gasteiger charge is -1.95. The fourth-order valence-electron chi connectivity index (χ4n) is 1.14. The summed E-state index contributed by atoms with van der Waals surface area (Å²) in [5.74, 6) is 0.666. The Morgan fingerprint density at radius 1 is 1.62 bits per heavy atom. The lowest BCUT2D eigenvalue weighted by atomic mass is 10.3. The summed E-state index contributed by atoms with van der Waals surface area (Å²) in [5.41, 5.74) is 0. The van der Waals surface area contributed by atoms with Crippen LogP contribution in [0.15, 0.2) is 10.9 Å². The molecule has 2 rings (SSSR count). The van der Waals surface area contributed by atoms with Gasteiger partial charge in [-0.15, -0.1) is 11.3 Å². The molecule has 0 atom stereocenters. The van der Waals surface area contributed by atoms with Gasteiger partial charge >= 0.3 is 0 Å². The molecule has 2 aromatic heterocycles. The van der Waals surface area contributed by atoms with Crippen LogP contribution in [0, 0.1) is 0 Å². The minimum absolute atomic E-state index is 0.0101. The SMILES string of the molecule is CCC(=O)c1sc(-c2ncon2)nc1OC. The van der Waals surface area contributed by atoms with E-state index in [0.717, 1.165) is 0 Å². The van der Waals surface area contributed by atoms with E-state index in [2.05, 4.69) is 19.6 Å². The minimum Gasteiger partial charge on any atom is -0.480 e. The number of hydrogen-bond donors (Lipinski definition) is 0. The molecule has 2 aromatic rings. The Kier molecular flexibility index (Phi) is 2.95. The Morgan fingerprint density at radius 2 is 2.44 bits per heavy atom. The zero-order valence-electron chi connectivity index (χ0n) is 8.76. The predicted octanol–water partition coefficient (Wildman–Crippen LogP) is 1.79. The van der Waals surface area contributed by atoms with Gasteiger partial charge in [0.15, 0.2) is 10.8 Å². The lowest BCUT2D eigenvalue weighted by Crippen LogP contribution is -1.96. The molecule has 84 valence electrons. The fraction of sp³-hybridized carbons (Fsp3) is 0.333. The number of nitrogens with zero attached hydrogens (tertiary/aromatic N) is 3. The molecule has 0 radical (unpaired) electrons. The number of Topliss-reactive ketones (excluding diaryl/α,β-unsaturated/α-hetero) is 1. The monoisotopic (exact) mass is 239 g/mol. The van der Waals surface area contributed by atoms with Crippen molar-refractivity contribution >= 4 is 17.1 Å². The molecule has 6 nitrogen and oxygen atoms in total. The number of carbonyl (C=O) groups excluding carboxylic acids is 1. The maximum atomic E-state index is 11.6. The van der Waals surface area contributed by atoms with Gasteiger partial charge in [0.05, 0.1) is 7.11 Å². The van der Waals surface area contributed by atoms with E-state index in [1.165, 1.54) is 24.8 Å². The van der Waals surface area contributed by atoms with Crippen LogP contribution in [0.3, 0.4) is 0 Å². The standard InChI is InChI=1S/C9H9N3O3S/c1-3-5(13)6-8(14-2)11-9(16-6)7-10-4-15-12-7/h4H,3H2,1-2H3. The predicted molar refractivity (Wildman–Crippen MR) is 56.6 cm³/mol. The van der Waals surface area contributed by atoms with Gasteiger partial charge in [-0.2, -0.15) is 9.97 Å². The Morgan fingerprint density at radius 3 is 3.00 bits per heavy atom. The van der Waals surface area contributed by atoms with Crippen molar-refractivity contribution in [3.8, 4) is 16.7 Å². The Bertz CT molecular complexity index is 492. The molecule has 7 heteroatoms. The third-order valence-corrected chi connectivity index (χ3v) is 2.99. The zero-order chi connectivity index (χ0) is 11.5. The highest BCUT2D eigenvalue weighted by Crippen LogP contribution is 2.31. The molecule has 0 bridgehead atoms. The van der Waals surface area contributed by atoms with Crippen LogP contribution < -0.4 is 4.74 Å². The Labute approximate surface area is 95.3 Å². The van der Waals surface area contributed by atoms with Gasteiger partial charge in [0.25, 0.3) is 0 Å². The van der Waals surface area contributed by atoms with E-state index < -0.39 is 0 Å². The van der Waals surface area contributed by atoms with Gasteiger partial charge in [-0.25, -0.2) is 0 Å². The van der Waals surface area contributed by atoms with Crippen LogP contribution >= 0.6 is 11.3 Å². The lowest BCUT2D eigenvalue weighted by molar-refractivity contribution is 0.0989. The summed E-state index contributed by atoms with van der Waals surface area (Å²) in [7, 11) is 1.47. The highest BCUT2D eigenvalue weighted by Gasteiger charge is 2.20. The van der Waals surface area contributed by atoms with Crippen molar-refractivity contribution in [3.05, 3.63) is 11.3 Å². The molecule has 0 aliphatic heterocycles. The smallest absolute Gasteiger partial charge is 0.236 e. The van der Waals surface area contributed by atoms with E-state index in [9.17, 15) is 4.79 Å². The first-order valence-corrected chi connectivity index (χ1v) is 5.42. The minimum atomic E-state index is -0.0101. The fourth-order valence-corrected chi connectivity index (χ4v) is 2.12. The largest absolute Gasteiger partial charge is 0.480 e. The van der Waals surface area contributed by atoms with Crippen molar-refractivity contribution in [3.63, 3.8) is 0 Å². The number of aromatic nitrogens is 3. The zero-order valence-corrected chi connectivity index (χ0v) is 9.58. The van der Waals surface area contributed by atoms with E-state index in [0.29, 0.717) is 28.0 Å².